The molecule has 22 heavy (non-hydrogen) atoms. The van der Waals surface area contributed by atoms with Crippen molar-refractivity contribution in [1.29, 1.82) is 0 Å². The molecule has 0 aromatic heterocycles. The van der Waals surface area contributed by atoms with Gasteiger partial charge in [-0.25, -0.2) is 0 Å². The van der Waals surface area contributed by atoms with E-state index in [1.807, 2.05) is 0 Å². The highest BCUT2D eigenvalue weighted by molar-refractivity contribution is 5.74. The smallest absolute Gasteiger partial charge is 0.310 e. The molecule has 0 aromatic carbocycles. The molecular weight excluding hydrogens is 276 g/mol. The van der Waals surface area contributed by atoms with Crippen LogP contribution in [0.5, 0.6) is 0 Å². The molecule has 2 heterocycles. The quantitative estimate of drug-likeness (QED) is 0.604. The van der Waals surface area contributed by atoms with Gasteiger partial charge in [0, 0.05) is 19.6 Å². The van der Waals surface area contributed by atoms with Gasteiger partial charge in [-0.05, 0) is 44.2 Å². The largest absolute Gasteiger partial charge is 0.469 e. The van der Waals surface area contributed by atoms with Gasteiger partial charge in [0.15, 0.2) is 0 Å². The Hall–Kier alpha value is -1.13. The first kappa shape index (κ1) is 17.2. The number of methoxy groups -OCH3 is 1. The summed E-state index contributed by atoms with van der Waals surface area (Å²) in [6, 6.07) is 0. The molecule has 4 nitrogen and oxygen atoms in total. The van der Waals surface area contributed by atoms with E-state index >= 15 is 0 Å². The summed E-state index contributed by atoms with van der Waals surface area (Å²) in [6.07, 6.45) is 12.9. The van der Waals surface area contributed by atoms with Crippen LogP contribution in [0.15, 0.2) is 24.3 Å². The first-order valence-corrected chi connectivity index (χ1v) is 8.54. The zero-order valence-electron chi connectivity index (χ0n) is 14.0. The lowest BCUT2D eigenvalue weighted by Crippen LogP contribution is -2.44. The Balaban J connectivity index is 1.90. The number of likely N-dealkylation sites (tertiary alicyclic amines) is 1. The number of rotatable bonds is 6. The number of nitrogens with one attached hydrogen (secondary N) is 1. The fraction of sp³-hybridized carbons (Fsp3) is 0.722. The van der Waals surface area contributed by atoms with E-state index in [-0.39, 0.29) is 17.3 Å². The second-order valence-corrected chi connectivity index (χ2v) is 6.48. The summed E-state index contributed by atoms with van der Waals surface area (Å²) >= 11 is 0. The Kier molecular flexibility index (Phi) is 6.65. The SMILES string of the molecule is CC/C=C\C=C/CCN1CC(C(=O)OC)C2(CCNCC2)C1. The van der Waals surface area contributed by atoms with Gasteiger partial charge >= 0.3 is 5.97 Å². The number of ether oxygens (including phenoxy) is 1. The van der Waals surface area contributed by atoms with Crippen molar-refractivity contribution in [3.63, 3.8) is 0 Å². The van der Waals surface area contributed by atoms with Crippen molar-refractivity contribution in [2.24, 2.45) is 11.3 Å². The third kappa shape index (κ3) is 4.20. The maximum absolute atomic E-state index is 12.2. The maximum Gasteiger partial charge on any atom is 0.310 e. The molecule has 0 radical (unpaired) electrons. The highest BCUT2D eigenvalue weighted by atomic mass is 16.5. The van der Waals surface area contributed by atoms with E-state index in [0.717, 1.165) is 58.4 Å². The minimum atomic E-state index is -0.0224. The van der Waals surface area contributed by atoms with Gasteiger partial charge < -0.3 is 15.0 Å². The fourth-order valence-corrected chi connectivity index (χ4v) is 3.79. The molecule has 2 saturated heterocycles. The highest BCUT2D eigenvalue weighted by Gasteiger charge is 2.50. The van der Waals surface area contributed by atoms with Gasteiger partial charge in [-0.3, -0.25) is 4.79 Å². The van der Waals surface area contributed by atoms with E-state index < -0.39 is 0 Å². The van der Waals surface area contributed by atoms with E-state index in [2.05, 4.69) is 41.4 Å². The van der Waals surface area contributed by atoms with Gasteiger partial charge in [-0.2, -0.15) is 0 Å². The number of esters is 1. The predicted octanol–water partition coefficient (Wildman–Crippen LogP) is 2.37. The summed E-state index contributed by atoms with van der Waals surface area (Å²) in [5, 5.41) is 3.41. The first-order valence-electron chi connectivity index (χ1n) is 8.54. The van der Waals surface area contributed by atoms with E-state index in [4.69, 9.17) is 4.74 Å². The second-order valence-electron chi connectivity index (χ2n) is 6.48. The van der Waals surface area contributed by atoms with Crippen LogP contribution in [0.2, 0.25) is 0 Å². The molecule has 0 saturated carbocycles. The molecule has 1 unspecified atom stereocenters. The van der Waals surface area contributed by atoms with Gasteiger partial charge in [0.1, 0.15) is 0 Å². The van der Waals surface area contributed by atoms with Gasteiger partial charge in [0.05, 0.1) is 13.0 Å². The van der Waals surface area contributed by atoms with E-state index in [9.17, 15) is 4.79 Å². The van der Waals surface area contributed by atoms with Crippen LogP contribution in [-0.2, 0) is 9.53 Å². The lowest BCUT2D eigenvalue weighted by atomic mass is 9.71. The second kappa shape index (κ2) is 8.49. The van der Waals surface area contributed by atoms with E-state index in [1.165, 1.54) is 7.11 Å². The fourth-order valence-electron chi connectivity index (χ4n) is 3.79. The molecule has 0 aromatic rings. The zero-order chi connectivity index (χ0) is 15.8. The molecular formula is C18H30N2O2. The van der Waals surface area contributed by atoms with Crippen molar-refractivity contribution in [3.8, 4) is 0 Å². The van der Waals surface area contributed by atoms with Crippen molar-refractivity contribution >= 4 is 5.97 Å². The molecule has 2 aliphatic rings. The molecule has 2 fully saturated rings. The minimum Gasteiger partial charge on any atom is -0.469 e. The lowest BCUT2D eigenvalue weighted by molar-refractivity contribution is -0.149. The zero-order valence-corrected chi connectivity index (χ0v) is 14.0. The molecule has 2 rings (SSSR count). The maximum atomic E-state index is 12.2. The van der Waals surface area contributed by atoms with Gasteiger partial charge in [0.25, 0.3) is 0 Å². The number of hydrogen-bond donors (Lipinski definition) is 1. The Morgan fingerprint density at radius 1 is 1.32 bits per heavy atom. The Morgan fingerprint density at radius 2 is 2.05 bits per heavy atom. The molecule has 0 amide bonds. The molecule has 1 atom stereocenters. The third-order valence-corrected chi connectivity index (χ3v) is 5.03. The first-order chi connectivity index (χ1) is 10.7. The van der Waals surface area contributed by atoms with Crippen LogP contribution in [0.4, 0.5) is 0 Å². The number of allylic oxidation sites excluding steroid dienone is 3. The van der Waals surface area contributed by atoms with Crippen LogP contribution >= 0.6 is 0 Å². The highest BCUT2D eigenvalue weighted by Crippen LogP contribution is 2.43. The third-order valence-electron chi connectivity index (χ3n) is 5.03. The van der Waals surface area contributed by atoms with E-state index in [0.29, 0.717) is 0 Å². The van der Waals surface area contributed by atoms with Crippen molar-refractivity contribution in [1.82, 2.24) is 10.2 Å². The normalized spacial score (nSPS) is 25.5. The number of hydrogen-bond acceptors (Lipinski definition) is 4. The molecule has 1 spiro atoms. The van der Waals surface area contributed by atoms with Crippen molar-refractivity contribution in [3.05, 3.63) is 24.3 Å². The Morgan fingerprint density at radius 3 is 2.73 bits per heavy atom. The summed E-state index contributed by atoms with van der Waals surface area (Å²) in [5.74, 6) is 0.0226. The summed E-state index contributed by atoms with van der Waals surface area (Å²) in [6.45, 7) is 7.09. The molecule has 4 heteroatoms. The topological polar surface area (TPSA) is 41.6 Å². The monoisotopic (exact) mass is 306 g/mol. The average molecular weight is 306 g/mol. The summed E-state index contributed by atoms with van der Waals surface area (Å²) < 4.78 is 5.07. The number of carbonyl (C=O) groups is 1. The Bertz CT molecular complexity index is 411. The number of carbonyl (C=O) groups excluding carboxylic acids is 1. The van der Waals surface area contributed by atoms with Crippen LogP contribution in [0, 0.1) is 11.3 Å². The van der Waals surface area contributed by atoms with Crippen LogP contribution in [0.1, 0.15) is 32.6 Å². The average Bonchev–Trinajstić information content (AvgIpc) is 2.88. The van der Waals surface area contributed by atoms with Crippen molar-refractivity contribution in [2.75, 3.05) is 39.8 Å². The van der Waals surface area contributed by atoms with Gasteiger partial charge in [-0.1, -0.05) is 31.2 Å². The summed E-state index contributed by atoms with van der Waals surface area (Å²) in [7, 11) is 1.52. The minimum absolute atomic E-state index is 0.0224. The molecule has 0 aliphatic carbocycles. The Labute approximate surface area is 134 Å². The van der Waals surface area contributed by atoms with Crippen LogP contribution in [0.25, 0.3) is 0 Å². The van der Waals surface area contributed by atoms with Crippen LogP contribution in [0.3, 0.4) is 0 Å². The van der Waals surface area contributed by atoms with Crippen molar-refractivity contribution in [2.45, 2.75) is 32.6 Å². The number of nitrogens with zero attached hydrogens (tertiary/aromatic N) is 1. The lowest BCUT2D eigenvalue weighted by Gasteiger charge is -2.37. The molecule has 124 valence electrons. The predicted molar refractivity (Wildman–Crippen MR) is 89.7 cm³/mol. The van der Waals surface area contributed by atoms with E-state index in [1.54, 1.807) is 0 Å². The molecule has 1 N–H and O–H groups in total. The van der Waals surface area contributed by atoms with Gasteiger partial charge in [-0.15, -0.1) is 0 Å². The van der Waals surface area contributed by atoms with Crippen LogP contribution < -0.4 is 5.32 Å². The van der Waals surface area contributed by atoms with Crippen LogP contribution in [-0.4, -0.2) is 50.7 Å². The molecule has 2 aliphatic heterocycles. The number of piperidine rings is 1. The van der Waals surface area contributed by atoms with Crippen molar-refractivity contribution < 1.29 is 9.53 Å². The molecule has 0 bridgehead atoms. The standard InChI is InChI=1S/C18H30N2O2/c1-3-4-5-6-7-8-13-20-14-16(17(21)22-2)18(15-20)9-11-19-12-10-18/h4-7,16,19H,3,8-15H2,1-2H3/b5-4-,7-6-. The summed E-state index contributed by atoms with van der Waals surface area (Å²) in [5.41, 5.74) is 0.129. The van der Waals surface area contributed by atoms with Gasteiger partial charge in [0.2, 0.25) is 0 Å². The summed E-state index contributed by atoms with van der Waals surface area (Å²) in [4.78, 5) is 14.6.